The number of Topliss-reactive ketones (excluding diaryl/α,β-unsaturated/α-hetero) is 1. The van der Waals surface area contributed by atoms with Gasteiger partial charge in [0.2, 0.25) is 5.89 Å². The average molecular weight is 423 g/mol. The summed E-state index contributed by atoms with van der Waals surface area (Å²) in [6.45, 7) is 8.22. The molecule has 2 heterocycles. The summed E-state index contributed by atoms with van der Waals surface area (Å²) in [5.41, 5.74) is 1.88. The third-order valence-corrected chi connectivity index (χ3v) is 7.69. The summed E-state index contributed by atoms with van der Waals surface area (Å²) in [7, 11) is -2.92. The number of carbonyl (C=O) groups is 1. The van der Waals surface area contributed by atoms with Crippen molar-refractivity contribution in [3.8, 4) is 0 Å². The first kappa shape index (κ1) is 21.0. The number of aromatic nitrogens is 2. The van der Waals surface area contributed by atoms with Gasteiger partial charge in [-0.2, -0.15) is 0 Å². The lowest BCUT2D eigenvalue weighted by molar-refractivity contribution is 0.0993. The highest BCUT2D eigenvalue weighted by molar-refractivity contribution is 8.00. The molecule has 1 fully saturated rings. The van der Waals surface area contributed by atoms with Crippen LogP contribution in [0.25, 0.3) is 0 Å². The highest BCUT2D eigenvalue weighted by atomic mass is 32.2. The first-order valence-electron chi connectivity index (χ1n) is 9.38. The molecule has 0 saturated carbocycles. The normalized spacial score (nSPS) is 20.2. The van der Waals surface area contributed by atoms with Crippen LogP contribution in [-0.2, 0) is 21.7 Å². The van der Waals surface area contributed by atoms with Crippen molar-refractivity contribution in [2.24, 2.45) is 5.92 Å². The first-order chi connectivity index (χ1) is 13.0. The van der Waals surface area contributed by atoms with Gasteiger partial charge in [-0.05, 0) is 30.2 Å². The number of carbonyl (C=O) groups excluding carboxylic acids is 1. The molecule has 1 saturated heterocycles. The Morgan fingerprint density at radius 1 is 1.25 bits per heavy atom. The van der Waals surface area contributed by atoms with E-state index in [1.165, 1.54) is 17.3 Å². The number of rotatable bonds is 6. The maximum Gasteiger partial charge on any atom is 0.277 e. The van der Waals surface area contributed by atoms with Crippen LogP contribution in [0.4, 0.5) is 0 Å². The summed E-state index contributed by atoms with van der Waals surface area (Å²) >= 11 is 1.23. The van der Waals surface area contributed by atoms with Crippen molar-refractivity contribution >= 4 is 27.4 Å². The third-order valence-electron chi connectivity index (χ3n) is 4.92. The monoisotopic (exact) mass is 422 g/mol. The van der Waals surface area contributed by atoms with Gasteiger partial charge in [0.15, 0.2) is 15.6 Å². The van der Waals surface area contributed by atoms with Crippen LogP contribution in [0.1, 0.15) is 55.9 Å². The van der Waals surface area contributed by atoms with E-state index in [0.717, 1.165) is 0 Å². The lowest BCUT2D eigenvalue weighted by Gasteiger charge is -2.19. The van der Waals surface area contributed by atoms with E-state index in [4.69, 9.17) is 4.42 Å². The fourth-order valence-electron chi connectivity index (χ4n) is 3.22. The minimum atomic E-state index is -2.92. The molecule has 8 heteroatoms. The molecular formula is C20H26N2O4S2. The molecule has 6 nitrogen and oxygen atoms in total. The predicted molar refractivity (Wildman–Crippen MR) is 110 cm³/mol. The van der Waals surface area contributed by atoms with Crippen molar-refractivity contribution in [1.82, 2.24) is 10.2 Å². The summed E-state index contributed by atoms with van der Waals surface area (Å²) in [5.74, 6) is 0.874. The van der Waals surface area contributed by atoms with E-state index in [0.29, 0.717) is 29.5 Å². The van der Waals surface area contributed by atoms with Crippen LogP contribution in [0, 0.1) is 5.92 Å². The number of ketones is 1. The number of thioether (sulfide) groups is 1. The SMILES string of the molecule is CC(Sc1nnc(CC2CCS(=O)(=O)C2)o1)C(=O)c1ccc(C(C)(C)C)cc1. The minimum absolute atomic E-state index is 0.00657. The molecule has 0 bridgehead atoms. The maximum atomic E-state index is 12.7. The lowest BCUT2D eigenvalue weighted by Crippen LogP contribution is -2.15. The van der Waals surface area contributed by atoms with Crippen LogP contribution >= 0.6 is 11.8 Å². The van der Waals surface area contributed by atoms with Gasteiger partial charge in [0, 0.05) is 12.0 Å². The quantitative estimate of drug-likeness (QED) is 0.518. The van der Waals surface area contributed by atoms with E-state index in [2.05, 4.69) is 31.0 Å². The zero-order valence-corrected chi connectivity index (χ0v) is 18.3. The highest BCUT2D eigenvalue weighted by Crippen LogP contribution is 2.28. The maximum absolute atomic E-state index is 12.7. The number of nitrogens with zero attached hydrogens (tertiary/aromatic N) is 2. The van der Waals surface area contributed by atoms with Crippen LogP contribution in [0.3, 0.4) is 0 Å². The Balaban J connectivity index is 1.59. The van der Waals surface area contributed by atoms with Gasteiger partial charge in [-0.15, -0.1) is 10.2 Å². The Morgan fingerprint density at radius 3 is 2.50 bits per heavy atom. The van der Waals surface area contributed by atoms with Crippen molar-refractivity contribution < 1.29 is 17.6 Å². The smallest absolute Gasteiger partial charge is 0.277 e. The Kier molecular flexibility index (Phi) is 6.00. The second kappa shape index (κ2) is 7.99. The van der Waals surface area contributed by atoms with E-state index < -0.39 is 9.84 Å². The molecule has 0 radical (unpaired) electrons. The van der Waals surface area contributed by atoms with Gasteiger partial charge in [0.25, 0.3) is 5.22 Å². The van der Waals surface area contributed by atoms with Gasteiger partial charge >= 0.3 is 0 Å². The molecule has 2 aromatic rings. The average Bonchev–Trinajstić information content (AvgIpc) is 3.19. The molecule has 1 aliphatic rings. The number of hydrogen-bond acceptors (Lipinski definition) is 7. The zero-order chi connectivity index (χ0) is 20.5. The van der Waals surface area contributed by atoms with Gasteiger partial charge in [0.05, 0.1) is 16.8 Å². The van der Waals surface area contributed by atoms with Crippen molar-refractivity contribution in [1.29, 1.82) is 0 Å². The van der Waals surface area contributed by atoms with Crippen LogP contribution in [0.5, 0.6) is 0 Å². The van der Waals surface area contributed by atoms with Crippen molar-refractivity contribution in [2.45, 2.75) is 56.4 Å². The molecule has 0 N–H and O–H groups in total. The third kappa shape index (κ3) is 5.23. The van der Waals surface area contributed by atoms with Crippen LogP contribution in [-0.4, -0.2) is 41.2 Å². The van der Waals surface area contributed by atoms with Crippen LogP contribution in [0.15, 0.2) is 33.9 Å². The minimum Gasteiger partial charge on any atom is -0.416 e. The lowest BCUT2D eigenvalue weighted by atomic mass is 9.86. The van der Waals surface area contributed by atoms with Gasteiger partial charge in [-0.25, -0.2) is 8.42 Å². The Labute approximate surface area is 170 Å². The topological polar surface area (TPSA) is 90.1 Å². The molecule has 2 atom stereocenters. The van der Waals surface area contributed by atoms with Crippen molar-refractivity contribution in [3.63, 3.8) is 0 Å². The molecule has 0 amide bonds. The van der Waals surface area contributed by atoms with E-state index in [1.807, 2.05) is 31.2 Å². The molecule has 28 heavy (non-hydrogen) atoms. The molecule has 1 aromatic carbocycles. The fraction of sp³-hybridized carbons (Fsp3) is 0.550. The Morgan fingerprint density at radius 2 is 1.93 bits per heavy atom. The van der Waals surface area contributed by atoms with Gasteiger partial charge in [-0.1, -0.05) is 56.8 Å². The summed E-state index contributed by atoms with van der Waals surface area (Å²) in [4.78, 5) is 12.7. The molecule has 0 aliphatic carbocycles. The molecule has 1 aliphatic heterocycles. The highest BCUT2D eigenvalue weighted by Gasteiger charge is 2.29. The molecule has 2 unspecified atom stereocenters. The fourth-order valence-corrected chi connectivity index (χ4v) is 5.86. The number of hydrogen-bond donors (Lipinski definition) is 0. The van der Waals surface area contributed by atoms with E-state index in [9.17, 15) is 13.2 Å². The molecule has 152 valence electrons. The standard InChI is InChI=1S/C20H26N2O4S2/c1-13(18(23)15-5-7-16(8-6-15)20(2,3)4)27-19-22-21-17(26-19)11-14-9-10-28(24,25)12-14/h5-8,13-14H,9-12H2,1-4H3. The van der Waals surface area contributed by atoms with Crippen LogP contribution < -0.4 is 0 Å². The number of sulfone groups is 1. The summed E-state index contributed by atoms with van der Waals surface area (Å²) < 4.78 is 28.7. The van der Waals surface area contributed by atoms with Gasteiger partial charge in [0.1, 0.15) is 0 Å². The van der Waals surface area contributed by atoms with Gasteiger partial charge < -0.3 is 4.42 Å². The molecule has 3 rings (SSSR count). The second-order valence-electron chi connectivity index (χ2n) is 8.39. The number of benzene rings is 1. The van der Waals surface area contributed by atoms with Crippen molar-refractivity contribution in [3.05, 3.63) is 41.3 Å². The van der Waals surface area contributed by atoms with E-state index >= 15 is 0 Å². The Hall–Kier alpha value is -1.67. The second-order valence-corrected chi connectivity index (χ2v) is 11.9. The summed E-state index contributed by atoms with van der Waals surface area (Å²) in [5, 5.41) is 7.98. The zero-order valence-electron chi connectivity index (χ0n) is 16.6. The van der Waals surface area contributed by atoms with Crippen LogP contribution in [0.2, 0.25) is 0 Å². The molecular weight excluding hydrogens is 396 g/mol. The molecule has 1 aromatic heterocycles. The summed E-state index contributed by atoms with van der Waals surface area (Å²) in [6, 6.07) is 7.70. The van der Waals surface area contributed by atoms with E-state index in [1.54, 1.807) is 0 Å². The Bertz CT molecular complexity index is 943. The summed E-state index contributed by atoms with van der Waals surface area (Å²) in [6.07, 6.45) is 1.09. The van der Waals surface area contributed by atoms with Crippen molar-refractivity contribution in [2.75, 3.05) is 11.5 Å². The van der Waals surface area contributed by atoms with E-state index in [-0.39, 0.29) is 33.9 Å². The molecule has 0 spiro atoms. The first-order valence-corrected chi connectivity index (χ1v) is 12.1. The predicted octanol–water partition coefficient (Wildman–Crippen LogP) is 3.71. The van der Waals surface area contributed by atoms with Gasteiger partial charge in [-0.3, -0.25) is 4.79 Å². The largest absolute Gasteiger partial charge is 0.416 e.